The number of nitrogens with one attached hydrogen (secondary N) is 1. The Morgan fingerprint density at radius 3 is 2.53 bits per heavy atom. The first-order chi connectivity index (χ1) is 9.03. The van der Waals surface area contributed by atoms with E-state index >= 15 is 0 Å². The van der Waals surface area contributed by atoms with Crippen LogP contribution in [0.25, 0.3) is 0 Å². The molecule has 0 aromatic heterocycles. The van der Waals surface area contributed by atoms with Gasteiger partial charge in [0, 0.05) is 13.1 Å². The lowest BCUT2D eigenvalue weighted by molar-refractivity contribution is 0.349. The van der Waals surface area contributed by atoms with Gasteiger partial charge in [-0.1, -0.05) is 18.0 Å². The summed E-state index contributed by atoms with van der Waals surface area (Å²) < 4.78 is 33.4. The lowest BCUT2D eigenvalue weighted by Gasteiger charge is -2.26. The minimum absolute atomic E-state index is 0.376. The van der Waals surface area contributed by atoms with Crippen LogP contribution in [0.15, 0.2) is 18.2 Å². The lowest BCUT2D eigenvalue weighted by Crippen LogP contribution is -2.39. The van der Waals surface area contributed by atoms with Gasteiger partial charge in [0.2, 0.25) is 0 Å². The SMILES string of the molecule is COc1ccc(NS(=O)(=O)N2CCCCC2)cc1Cl. The van der Waals surface area contributed by atoms with E-state index < -0.39 is 10.2 Å². The molecule has 1 aromatic rings. The molecule has 0 aliphatic carbocycles. The molecule has 0 spiro atoms. The molecule has 0 unspecified atom stereocenters. The van der Waals surface area contributed by atoms with Crippen molar-refractivity contribution in [2.45, 2.75) is 19.3 Å². The highest BCUT2D eigenvalue weighted by molar-refractivity contribution is 7.90. The smallest absolute Gasteiger partial charge is 0.301 e. The third-order valence-corrected chi connectivity index (χ3v) is 4.89. The van der Waals surface area contributed by atoms with Gasteiger partial charge in [-0.15, -0.1) is 0 Å². The van der Waals surface area contributed by atoms with E-state index in [-0.39, 0.29) is 0 Å². The highest BCUT2D eigenvalue weighted by Crippen LogP contribution is 2.28. The summed E-state index contributed by atoms with van der Waals surface area (Å²) in [6.45, 7) is 1.14. The maximum Gasteiger partial charge on any atom is 0.301 e. The van der Waals surface area contributed by atoms with Crippen molar-refractivity contribution in [1.29, 1.82) is 0 Å². The molecule has 0 radical (unpaired) electrons. The molecule has 1 aliphatic rings. The molecule has 106 valence electrons. The molecule has 0 bridgehead atoms. The van der Waals surface area contributed by atoms with E-state index in [9.17, 15) is 8.42 Å². The molecule has 5 nitrogen and oxygen atoms in total. The number of nitrogens with zero attached hydrogens (tertiary/aromatic N) is 1. The van der Waals surface area contributed by atoms with E-state index in [1.54, 1.807) is 18.2 Å². The normalized spacial score (nSPS) is 17.2. The molecule has 1 aliphatic heterocycles. The molecule has 2 rings (SSSR count). The number of ether oxygens (including phenoxy) is 1. The van der Waals surface area contributed by atoms with Gasteiger partial charge in [0.05, 0.1) is 17.8 Å². The van der Waals surface area contributed by atoms with Crippen molar-refractivity contribution < 1.29 is 13.2 Å². The van der Waals surface area contributed by atoms with E-state index in [2.05, 4.69) is 4.72 Å². The first kappa shape index (κ1) is 14.4. The molecule has 19 heavy (non-hydrogen) atoms. The average molecular weight is 305 g/mol. The Morgan fingerprint density at radius 1 is 1.26 bits per heavy atom. The summed E-state index contributed by atoms with van der Waals surface area (Å²) >= 11 is 5.97. The standard InChI is InChI=1S/C12H17ClN2O3S/c1-18-12-6-5-10(9-11(12)13)14-19(16,17)15-7-3-2-4-8-15/h5-6,9,14H,2-4,7-8H2,1H3. The van der Waals surface area contributed by atoms with Crippen molar-refractivity contribution in [3.63, 3.8) is 0 Å². The molecular weight excluding hydrogens is 288 g/mol. The Bertz CT molecular complexity index is 542. The van der Waals surface area contributed by atoms with Gasteiger partial charge in [-0.2, -0.15) is 12.7 Å². The molecule has 1 N–H and O–H groups in total. The highest BCUT2D eigenvalue weighted by Gasteiger charge is 2.23. The minimum Gasteiger partial charge on any atom is -0.495 e. The number of piperidine rings is 1. The summed E-state index contributed by atoms with van der Waals surface area (Å²) in [4.78, 5) is 0. The number of methoxy groups -OCH3 is 1. The Labute approximate surface area is 118 Å². The van der Waals surface area contributed by atoms with E-state index in [1.165, 1.54) is 11.4 Å². The number of anilines is 1. The van der Waals surface area contributed by atoms with E-state index in [1.807, 2.05) is 0 Å². The third kappa shape index (κ3) is 3.52. The quantitative estimate of drug-likeness (QED) is 0.929. The van der Waals surface area contributed by atoms with Gasteiger partial charge in [-0.25, -0.2) is 0 Å². The Balaban J connectivity index is 2.13. The summed E-state index contributed by atoms with van der Waals surface area (Å²) in [5.74, 6) is 0.516. The fourth-order valence-corrected chi connectivity index (χ4v) is 3.60. The molecule has 1 heterocycles. The summed E-state index contributed by atoms with van der Waals surface area (Å²) in [5.41, 5.74) is 0.441. The molecule has 0 atom stereocenters. The maximum atomic E-state index is 12.2. The fraction of sp³-hybridized carbons (Fsp3) is 0.500. The highest BCUT2D eigenvalue weighted by atomic mass is 35.5. The van der Waals surface area contributed by atoms with Gasteiger partial charge in [0.15, 0.2) is 0 Å². The Kier molecular flexibility index (Phi) is 4.54. The molecular formula is C12H17ClN2O3S. The van der Waals surface area contributed by atoms with Gasteiger partial charge in [0.25, 0.3) is 0 Å². The number of rotatable bonds is 4. The van der Waals surface area contributed by atoms with Crippen LogP contribution < -0.4 is 9.46 Å². The average Bonchev–Trinajstić information content (AvgIpc) is 2.39. The van der Waals surface area contributed by atoms with Crippen molar-refractivity contribution in [1.82, 2.24) is 4.31 Å². The van der Waals surface area contributed by atoms with Crippen LogP contribution in [-0.2, 0) is 10.2 Å². The van der Waals surface area contributed by atoms with Crippen molar-refractivity contribution in [3.05, 3.63) is 23.2 Å². The van der Waals surface area contributed by atoms with Crippen molar-refractivity contribution in [2.75, 3.05) is 24.9 Å². The molecule has 0 saturated carbocycles. The van der Waals surface area contributed by atoms with Crippen LogP contribution in [0, 0.1) is 0 Å². The molecule has 0 amide bonds. The fourth-order valence-electron chi connectivity index (χ4n) is 2.05. The minimum atomic E-state index is -3.49. The second kappa shape index (κ2) is 5.98. The first-order valence-electron chi connectivity index (χ1n) is 6.14. The lowest BCUT2D eigenvalue weighted by atomic mass is 10.2. The van der Waals surface area contributed by atoms with E-state index in [0.29, 0.717) is 29.5 Å². The number of hydrogen-bond acceptors (Lipinski definition) is 3. The van der Waals surface area contributed by atoms with Gasteiger partial charge in [0.1, 0.15) is 5.75 Å². The van der Waals surface area contributed by atoms with Crippen molar-refractivity contribution in [2.24, 2.45) is 0 Å². The van der Waals surface area contributed by atoms with Crippen LogP contribution in [0.4, 0.5) is 5.69 Å². The zero-order valence-corrected chi connectivity index (χ0v) is 12.3. The molecule has 1 aromatic carbocycles. The first-order valence-corrected chi connectivity index (χ1v) is 7.96. The molecule has 1 fully saturated rings. The summed E-state index contributed by atoms with van der Waals surface area (Å²) in [6, 6.07) is 4.81. The van der Waals surface area contributed by atoms with Crippen molar-refractivity contribution >= 4 is 27.5 Å². The van der Waals surface area contributed by atoms with Gasteiger partial charge < -0.3 is 4.74 Å². The van der Waals surface area contributed by atoms with Crippen LogP contribution >= 0.6 is 11.6 Å². The molecule has 1 saturated heterocycles. The second-order valence-electron chi connectivity index (χ2n) is 4.42. The van der Waals surface area contributed by atoms with Crippen molar-refractivity contribution in [3.8, 4) is 5.75 Å². The summed E-state index contributed by atoms with van der Waals surface area (Å²) in [5, 5.41) is 0.376. The predicted molar refractivity (Wildman–Crippen MR) is 76.0 cm³/mol. The largest absolute Gasteiger partial charge is 0.495 e. The van der Waals surface area contributed by atoms with E-state index in [4.69, 9.17) is 16.3 Å². The Morgan fingerprint density at radius 2 is 1.95 bits per heavy atom. The van der Waals surface area contributed by atoms with Crippen LogP contribution in [0.2, 0.25) is 5.02 Å². The third-order valence-electron chi connectivity index (χ3n) is 3.05. The van der Waals surface area contributed by atoms with Crippen LogP contribution in [0.1, 0.15) is 19.3 Å². The van der Waals surface area contributed by atoms with Gasteiger partial charge >= 0.3 is 10.2 Å². The van der Waals surface area contributed by atoms with Crippen LogP contribution in [0.3, 0.4) is 0 Å². The van der Waals surface area contributed by atoms with Gasteiger partial charge in [-0.3, -0.25) is 4.72 Å². The zero-order valence-electron chi connectivity index (χ0n) is 10.7. The monoisotopic (exact) mass is 304 g/mol. The van der Waals surface area contributed by atoms with Crippen LogP contribution in [0.5, 0.6) is 5.75 Å². The number of benzene rings is 1. The second-order valence-corrected chi connectivity index (χ2v) is 6.49. The predicted octanol–water partition coefficient (Wildman–Crippen LogP) is 2.49. The number of hydrogen-bond donors (Lipinski definition) is 1. The maximum absolute atomic E-state index is 12.2. The molecule has 7 heteroatoms. The van der Waals surface area contributed by atoms with Gasteiger partial charge in [-0.05, 0) is 31.0 Å². The summed E-state index contributed by atoms with van der Waals surface area (Å²) in [7, 11) is -1.98. The zero-order chi connectivity index (χ0) is 13.9. The number of halogens is 1. The van der Waals surface area contributed by atoms with Crippen LogP contribution in [-0.4, -0.2) is 32.9 Å². The van der Waals surface area contributed by atoms with E-state index in [0.717, 1.165) is 19.3 Å². The summed E-state index contributed by atoms with van der Waals surface area (Å²) in [6.07, 6.45) is 2.90. The Hall–Kier alpha value is -0.980. The topological polar surface area (TPSA) is 58.6 Å².